The van der Waals surface area contributed by atoms with Crippen LogP contribution in [0.5, 0.6) is 5.75 Å². The van der Waals surface area contributed by atoms with Gasteiger partial charge in [-0.15, -0.1) is 0 Å². The fourth-order valence-corrected chi connectivity index (χ4v) is 1.54. The maximum atomic E-state index is 9.10. The highest BCUT2D eigenvalue weighted by atomic mass is 16.5. The molecule has 0 bridgehead atoms. The summed E-state index contributed by atoms with van der Waals surface area (Å²) in [5.74, 6) is 0.788. The number of rotatable bonds is 3. The van der Waals surface area contributed by atoms with Crippen molar-refractivity contribution in [2.24, 2.45) is 0 Å². The summed E-state index contributed by atoms with van der Waals surface area (Å²) in [6, 6.07) is 7.63. The van der Waals surface area contributed by atoms with Crippen LogP contribution in [0.3, 0.4) is 0 Å². The van der Waals surface area contributed by atoms with E-state index >= 15 is 0 Å². The van der Waals surface area contributed by atoms with Crippen LogP contribution in [-0.4, -0.2) is 22.0 Å². The standard InChI is InChI=1S/C12H14N2O2/c1-9-10(8-15)7-14(13-9)11-4-3-5-12(6-11)16-2/h3-7,15H,8H2,1-2H3. The third kappa shape index (κ3) is 1.92. The molecule has 0 atom stereocenters. The fourth-order valence-electron chi connectivity index (χ4n) is 1.54. The average molecular weight is 218 g/mol. The lowest BCUT2D eigenvalue weighted by Crippen LogP contribution is -1.95. The van der Waals surface area contributed by atoms with Crippen molar-refractivity contribution in [1.29, 1.82) is 0 Å². The number of benzene rings is 1. The Kier molecular flexibility index (Phi) is 2.92. The topological polar surface area (TPSA) is 47.3 Å². The van der Waals surface area contributed by atoms with E-state index in [-0.39, 0.29) is 6.61 Å². The minimum atomic E-state index is 0.00972. The molecule has 0 aliphatic rings. The van der Waals surface area contributed by atoms with Gasteiger partial charge in [0, 0.05) is 17.8 Å². The number of aliphatic hydroxyl groups is 1. The third-order valence-electron chi connectivity index (χ3n) is 2.49. The van der Waals surface area contributed by atoms with Crippen molar-refractivity contribution in [3.63, 3.8) is 0 Å². The molecule has 0 amide bonds. The summed E-state index contributed by atoms with van der Waals surface area (Å²) >= 11 is 0. The minimum absolute atomic E-state index is 0.00972. The normalized spacial score (nSPS) is 10.4. The van der Waals surface area contributed by atoms with Crippen molar-refractivity contribution in [2.45, 2.75) is 13.5 Å². The zero-order valence-corrected chi connectivity index (χ0v) is 9.34. The number of ether oxygens (including phenoxy) is 1. The summed E-state index contributed by atoms with van der Waals surface area (Å²) in [6.07, 6.45) is 1.82. The van der Waals surface area contributed by atoms with Crippen molar-refractivity contribution in [1.82, 2.24) is 9.78 Å². The van der Waals surface area contributed by atoms with Crippen LogP contribution in [0.2, 0.25) is 0 Å². The summed E-state index contributed by atoms with van der Waals surface area (Å²) < 4.78 is 6.89. The van der Waals surface area contributed by atoms with Gasteiger partial charge >= 0.3 is 0 Å². The Bertz CT molecular complexity index is 492. The molecule has 0 aliphatic heterocycles. The van der Waals surface area contributed by atoms with Crippen molar-refractivity contribution in [2.75, 3.05) is 7.11 Å². The molecule has 1 aromatic carbocycles. The van der Waals surface area contributed by atoms with Gasteiger partial charge in [-0.3, -0.25) is 0 Å². The molecular formula is C12H14N2O2. The van der Waals surface area contributed by atoms with Gasteiger partial charge in [-0.1, -0.05) is 6.07 Å². The molecule has 0 radical (unpaired) electrons. The lowest BCUT2D eigenvalue weighted by Gasteiger charge is -2.03. The fraction of sp³-hybridized carbons (Fsp3) is 0.250. The van der Waals surface area contributed by atoms with Crippen molar-refractivity contribution < 1.29 is 9.84 Å². The average Bonchev–Trinajstić information content (AvgIpc) is 2.71. The van der Waals surface area contributed by atoms with Crippen molar-refractivity contribution in [3.8, 4) is 11.4 Å². The molecule has 1 heterocycles. The van der Waals surface area contributed by atoms with Gasteiger partial charge in [-0.2, -0.15) is 5.10 Å². The third-order valence-corrected chi connectivity index (χ3v) is 2.49. The largest absolute Gasteiger partial charge is 0.497 e. The van der Waals surface area contributed by atoms with Gasteiger partial charge in [0.1, 0.15) is 5.75 Å². The monoisotopic (exact) mass is 218 g/mol. The lowest BCUT2D eigenvalue weighted by atomic mass is 10.3. The summed E-state index contributed by atoms with van der Waals surface area (Å²) in [4.78, 5) is 0. The predicted molar refractivity (Wildman–Crippen MR) is 60.8 cm³/mol. The van der Waals surface area contributed by atoms with Crippen LogP contribution in [0.4, 0.5) is 0 Å². The Labute approximate surface area is 94.1 Å². The molecule has 84 valence electrons. The summed E-state index contributed by atoms with van der Waals surface area (Å²) in [7, 11) is 1.63. The van der Waals surface area contributed by atoms with E-state index in [0.717, 1.165) is 22.7 Å². The molecule has 16 heavy (non-hydrogen) atoms. The molecule has 0 fully saturated rings. The second-order valence-corrected chi connectivity index (χ2v) is 3.54. The zero-order valence-electron chi connectivity index (χ0n) is 9.34. The summed E-state index contributed by atoms with van der Waals surface area (Å²) in [6.45, 7) is 1.89. The number of aliphatic hydroxyl groups excluding tert-OH is 1. The molecule has 4 heteroatoms. The highest BCUT2D eigenvalue weighted by Crippen LogP contribution is 2.17. The number of hydrogen-bond acceptors (Lipinski definition) is 3. The van der Waals surface area contributed by atoms with Gasteiger partial charge in [0.05, 0.1) is 25.1 Å². The van der Waals surface area contributed by atoms with E-state index in [4.69, 9.17) is 9.84 Å². The van der Waals surface area contributed by atoms with Crippen LogP contribution >= 0.6 is 0 Å². The number of nitrogens with zero attached hydrogens (tertiary/aromatic N) is 2. The van der Waals surface area contributed by atoms with Crippen molar-refractivity contribution >= 4 is 0 Å². The van der Waals surface area contributed by atoms with Crippen LogP contribution in [0, 0.1) is 6.92 Å². The van der Waals surface area contributed by atoms with Gasteiger partial charge in [0.15, 0.2) is 0 Å². The van der Waals surface area contributed by atoms with E-state index in [1.165, 1.54) is 0 Å². The van der Waals surface area contributed by atoms with Crippen LogP contribution in [0.1, 0.15) is 11.3 Å². The second-order valence-electron chi connectivity index (χ2n) is 3.54. The molecule has 0 saturated heterocycles. The Morgan fingerprint density at radius 2 is 2.25 bits per heavy atom. The van der Waals surface area contributed by atoms with Gasteiger partial charge in [-0.25, -0.2) is 4.68 Å². The SMILES string of the molecule is COc1cccc(-n2cc(CO)c(C)n2)c1. The van der Waals surface area contributed by atoms with E-state index in [2.05, 4.69) is 5.10 Å². The predicted octanol–water partition coefficient (Wildman–Crippen LogP) is 1.68. The van der Waals surface area contributed by atoms with Crippen molar-refractivity contribution in [3.05, 3.63) is 41.7 Å². The highest BCUT2D eigenvalue weighted by molar-refractivity contribution is 5.39. The Morgan fingerprint density at radius 3 is 2.88 bits per heavy atom. The first-order valence-corrected chi connectivity index (χ1v) is 5.05. The number of hydrogen-bond donors (Lipinski definition) is 1. The van der Waals surface area contributed by atoms with E-state index in [1.807, 2.05) is 37.4 Å². The molecule has 0 saturated carbocycles. The van der Waals surface area contributed by atoms with Crippen LogP contribution in [-0.2, 0) is 6.61 Å². The van der Waals surface area contributed by atoms with Crippen LogP contribution in [0.25, 0.3) is 5.69 Å². The maximum absolute atomic E-state index is 9.10. The molecule has 1 aromatic heterocycles. The van der Waals surface area contributed by atoms with E-state index < -0.39 is 0 Å². The smallest absolute Gasteiger partial charge is 0.121 e. The molecule has 0 spiro atoms. The summed E-state index contributed by atoms with van der Waals surface area (Å²) in [5, 5.41) is 13.4. The molecule has 1 N–H and O–H groups in total. The number of aryl methyl sites for hydroxylation is 1. The van der Waals surface area contributed by atoms with Crippen LogP contribution in [0.15, 0.2) is 30.5 Å². The Hall–Kier alpha value is -1.81. The molecular weight excluding hydrogens is 204 g/mol. The van der Waals surface area contributed by atoms with Gasteiger partial charge < -0.3 is 9.84 Å². The first kappa shape index (κ1) is 10.7. The van der Waals surface area contributed by atoms with Gasteiger partial charge in [-0.05, 0) is 19.1 Å². The first-order chi connectivity index (χ1) is 7.74. The first-order valence-electron chi connectivity index (χ1n) is 5.05. The molecule has 0 aliphatic carbocycles. The lowest BCUT2D eigenvalue weighted by molar-refractivity contribution is 0.281. The van der Waals surface area contributed by atoms with Crippen LogP contribution < -0.4 is 4.74 Å². The molecule has 4 nitrogen and oxygen atoms in total. The van der Waals surface area contributed by atoms with E-state index in [1.54, 1.807) is 11.8 Å². The molecule has 2 rings (SSSR count). The molecule has 2 aromatic rings. The minimum Gasteiger partial charge on any atom is -0.497 e. The quantitative estimate of drug-likeness (QED) is 0.852. The Morgan fingerprint density at radius 1 is 1.44 bits per heavy atom. The molecule has 0 unspecified atom stereocenters. The summed E-state index contributed by atoms with van der Waals surface area (Å²) in [5.41, 5.74) is 2.59. The van der Waals surface area contributed by atoms with E-state index in [0.29, 0.717) is 0 Å². The van der Waals surface area contributed by atoms with E-state index in [9.17, 15) is 0 Å². The maximum Gasteiger partial charge on any atom is 0.121 e. The highest BCUT2D eigenvalue weighted by Gasteiger charge is 2.05. The number of aromatic nitrogens is 2. The Balaban J connectivity index is 2.41. The zero-order chi connectivity index (χ0) is 11.5. The van der Waals surface area contributed by atoms with Gasteiger partial charge in [0.25, 0.3) is 0 Å². The van der Waals surface area contributed by atoms with Gasteiger partial charge in [0.2, 0.25) is 0 Å². The second kappa shape index (κ2) is 4.37. The number of methoxy groups -OCH3 is 1.